The van der Waals surface area contributed by atoms with Crippen molar-refractivity contribution in [1.29, 1.82) is 0 Å². The van der Waals surface area contributed by atoms with Gasteiger partial charge in [-0.2, -0.15) is 0 Å². The zero-order valence-electron chi connectivity index (χ0n) is 10.7. The van der Waals surface area contributed by atoms with Crippen molar-refractivity contribution in [3.8, 4) is 0 Å². The molecule has 0 aromatic heterocycles. The lowest BCUT2D eigenvalue weighted by Crippen LogP contribution is -2.26. The van der Waals surface area contributed by atoms with Crippen molar-refractivity contribution in [2.24, 2.45) is 0 Å². The molecule has 3 nitrogen and oxygen atoms in total. The summed E-state index contributed by atoms with van der Waals surface area (Å²) in [6.45, 7) is 3.77. The molecule has 1 aromatic carbocycles. The summed E-state index contributed by atoms with van der Waals surface area (Å²) in [7, 11) is 8.82. The standard InChI is InChI=1S/C13H16BNO2/c1-9(10(2)14)11-7-5-6-8-12(11)15(3)13(16)17-4/h5-8H,1-4H3/b10-9+. The lowest BCUT2D eigenvalue weighted by Gasteiger charge is -2.20. The van der Waals surface area contributed by atoms with E-state index in [4.69, 9.17) is 12.6 Å². The molecule has 88 valence electrons. The molecule has 0 unspecified atom stereocenters. The number of nitrogens with zero attached hydrogens (tertiary/aromatic N) is 1. The van der Waals surface area contributed by atoms with Crippen molar-refractivity contribution in [3.63, 3.8) is 0 Å². The second-order valence-corrected chi connectivity index (χ2v) is 3.85. The third-order valence-corrected chi connectivity index (χ3v) is 2.71. The molecule has 0 heterocycles. The highest BCUT2D eigenvalue weighted by Gasteiger charge is 2.15. The van der Waals surface area contributed by atoms with Crippen LogP contribution in [0.2, 0.25) is 0 Å². The fourth-order valence-corrected chi connectivity index (χ4v) is 1.53. The van der Waals surface area contributed by atoms with E-state index in [9.17, 15) is 4.79 Å². The predicted molar refractivity (Wildman–Crippen MR) is 71.3 cm³/mol. The van der Waals surface area contributed by atoms with E-state index < -0.39 is 6.09 Å². The number of hydrogen-bond donors (Lipinski definition) is 0. The minimum absolute atomic E-state index is 0.403. The molecule has 0 aliphatic heterocycles. The molecule has 1 aromatic rings. The van der Waals surface area contributed by atoms with E-state index in [1.807, 2.05) is 38.1 Å². The summed E-state index contributed by atoms with van der Waals surface area (Å²) in [6.07, 6.45) is -0.403. The maximum Gasteiger partial charge on any atom is 0.413 e. The van der Waals surface area contributed by atoms with Crippen LogP contribution in [0.3, 0.4) is 0 Å². The number of anilines is 1. The van der Waals surface area contributed by atoms with Crippen LogP contribution in [0.4, 0.5) is 10.5 Å². The number of benzene rings is 1. The Kier molecular flexibility index (Phi) is 4.38. The summed E-state index contributed by atoms with van der Waals surface area (Å²) in [5, 5.41) is 0. The molecule has 0 aliphatic carbocycles. The summed E-state index contributed by atoms with van der Waals surface area (Å²) in [5.41, 5.74) is 3.40. The Labute approximate surface area is 103 Å². The molecule has 0 spiro atoms. The van der Waals surface area contributed by atoms with Crippen molar-refractivity contribution < 1.29 is 9.53 Å². The molecule has 0 atom stereocenters. The van der Waals surface area contributed by atoms with Gasteiger partial charge in [-0.05, 0) is 13.0 Å². The van der Waals surface area contributed by atoms with Crippen LogP contribution in [0, 0.1) is 0 Å². The van der Waals surface area contributed by atoms with E-state index >= 15 is 0 Å². The Bertz CT molecular complexity index is 450. The van der Waals surface area contributed by atoms with Crippen molar-refractivity contribution in [2.75, 3.05) is 19.1 Å². The molecule has 0 fully saturated rings. The zero-order valence-corrected chi connectivity index (χ0v) is 10.7. The Morgan fingerprint density at radius 2 is 1.88 bits per heavy atom. The third kappa shape index (κ3) is 2.90. The lowest BCUT2D eigenvalue weighted by atomic mass is 9.88. The maximum absolute atomic E-state index is 11.5. The van der Waals surface area contributed by atoms with Gasteiger partial charge in [-0.15, -0.1) is 5.47 Å². The van der Waals surface area contributed by atoms with Crippen molar-refractivity contribution in [1.82, 2.24) is 0 Å². The Morgan fingerprint density at radius 3 is 2.41 bits per heavy atom. The number of para-hydroxylation sites is 1. The molecule has 0 aliphatic rings. The van der Waals surface area contributed by atoms with Crippen molar-refractivity contribution in [3.05, 3.63) is 35.3 Å². The quantitative estimate of drug-likeness (QED) is 0.729. The molecule has 0 saturated carbocycles. The number of carbonyl (C=O) groups excluding carboxylic acids is 1. The molecule has 0 N–H and O–H groups in total. The second-order valence-electron chi connectivity index (χ2n) is 3.85. The molecular weight excluding hydrogens is 213 g/mol. The smallest absolute Gasteiger partial charge is 0.413 e. The first kappa shape index (κ1) is 13.4. The highest BCUT2D eigenvalue weighted by Crippen LogP contribution is 2.27. The first-order valence-corrected chi connectivity index (χ1v) is 5.33. The average Bonchev–Trinajstić information content (AvgIpc) is 2.35. The normalized spacial score (nSPS) is 11.8. The minimum atomic E-state index is -0.403. The summed E-state index contributed by atoms with van der Waals surface area (Å²) in [6, 6.07) is 7.58. The lowest BCUT2D eigenvalue weighted by molar-refractivity contribution is 0.180. The number of rotatable bonds is 2. The molecule has 4 heteroatoms. The summed E-state index contributed by atoms with van der Waals surface area (Å²) >= 11 is 0. The van der Waals surface area contributed by atoms with Crippen LogP contribution < -0.4 is 4.90 Å². The Balaban J connectivity index is 3.26. The first-order valence-electron chi connectivity index (χ1n) is 5.33. The largest absolute Gasteiger partial charge is 0.452 e. The zero-order chi connectivity index (χ0) is 13.0. The summed E-state index contributed by atoms with van der Waals surface area (Å²) in [5.74, 6) is 0. The van der Waals surface area contributed by atoms with Crippen molar-refractivity contribution >= 4 is 25.2 Å². The molecule has 17 heavy (non-hydrogen) atoms. The number of carbonyl (C=O) groups is 1. The van der Waals surface area contributed by atoms with E-state index in [-0.39, 0.29) is 0 Å². The third-order valence-electron chi connectivity index (χ3n) is 2.71. The van der Waals surface area contributed by atoms with Gasteiger partial charge < -0.3 is 4.74 Å². The van der Waals surface area contributed by atoms with E-state index in [2.05, 4.69) is 0 Å². The molecule has 2 radical (unpaired) electrons. The van der Waals surface area contributed by atoms with Crippen LogP contribution in [0.15, 0.2) is 29.7 Å². The number of allylic oxidation sites excluding steroid dienone is 2. The fourth-order valence-electron chi connectivity index (χ4n) is 1.53. The maximum atomic E-state index is 11.5. The van der Waals surface area contributed by atoms with Crippen LogP contribution in [-0.4, -0.2) is 28.1 Å². The van der Waals surface area contributed by atoms with Crippen LogP contribution in [0.25, 0.3) is 5.57 Å². The van der Waals surface area contributed by atoms with Gasteiger partial charge in [0.25, 0.3) is 0 Å². The van der Waals surface area contributed by atoms with Crippen LogP contribution in [-0.2, 0) is 4.74 Å². The van der Waals surface area contributed by atoms with Gasteiger partial charge in [0.1, 0.15) is 7.85 Å². The van der Waals surface area contributed by atoms with Gasteiger partial charge in [0.15, 0.2) is 0 Å². The molecule has 0 bridgehead atoms. The van der Waals surface area contributed by atoms with Gasteiger partial charge >= 0.3 is 6.09 Å². The van der Waals surface area contributed by atoms with Crippen LogP contribution in [0.5, 0.6) is 0 Å². The molecule has 0 saturated heterocycles. The van der Waals surface area contributed by atoms with Gasteiger partial charge in [0.2, 0.25) is 0 Å². The molecule has 1 rings (SSSR count). The number of hydrogen-bond acceptors (Lipinski definition) is 2. The van der Waals surface area contributed by atoms with Gasteiger partial charge in [0.05, 0.1) is 12.8 Å². The monoisotopic (exact) mass is 229 g/mol. The van der Waals surface area contributed by atoms with E-state index in [1.165, 1.54) is 12.0 Å². The predicted octanol–water partition coefficient (Wildman–Crippen LogP) is 2.81. The highest BCUT2D eigenvalue weighted by molar-refractivity contribution is 6.25. The minimum Gasteiger partial charge on any atom is -0.452 e. The van der Waals surface area contributed by atoms with Gasteiger partial charge in [-0.3, -0.25) is 4.90 Å². The topological polar surface area (TPSA) is 29.5 Å². The number of amides is 1. The van der Waals surface area contributed by atoms with Gasteiger partial charge in [-0.25, -0.2) is 4.79 Å². The summed E-state index contributed by atoms with van der Waals surface area (Å²) in [4.78, 5) is 13.0. The molecule has 1 amide bonds. The van der Waals surface area contributed by atoms with E-state index in [0.717, 1.165) is 22.3 Å². The van der Waals surface area contributed by atoms with Gasteiger partial charge in [0, 0.05) is 12.6 Å². The van der Waals surface area contributed by atoms with E-state index in [1.54, 1.807) is 7.05 Å². The fraction of sp³-hybridized carbons (Fsp3) is 0.308. The van der Waals surface area contributed by atoms with Crippen molar-refractivity contribution in [2.45, 2.75) is 13.8 Å². The Morgan fingerprint density at radius 1 is 1.29 bits per heavy atom. The average molecular weight is 229 g/mol. The van der Waals surface area contributed by atoms with Crippen LogP contribution >= 0.6 is 0 Å². The summed E-state index contributed by atoms with van der Waals surface area (Å²) < 4.78 is 4.70. The second kappa shape index (κ2) is 5.57. The SMILES string of the molecule is [B]/C(C)=C(\C)c1ccccc1N(C)C(=O)OC. The van der Waals surface area contributed by atoms with Gasteiger partial charge in [-0.1, -0.05) is 30.7 Å². The Hall–Kier alpha value is -1.71. The van der Waals surface area contributed by atoms with E-state index in [0.29, 0.717) is 0 Å². The number of methoxy groups -OCH3 is 1. The highest BCUT2D eigenvalue weighted by atomic mass is 16.5. The molecular formula is C13H16BNO2. The number of ether oxygens (including phenoxy) is 1. The van der Waals surface area contributed by atoms with Crippen LogP contribution in [0.1, 0.15) is 19.4 Å². The first-order chi connectivity index (χ1) is 7.99.